The van der Waals surface area contributed by atoms with Crippen LogP contribution in [-0.2, 0) is 14.3 Å². The minimum Gasteiger partial charge on any atom is -0.497 e. The first-order chi connectivity index (χ1) is 17.4. The van der Waals surface area contributed by atoms with Crippen molar-refractivity contribution >= 4 is 23.8 Å². The Morgan fingerprint density at radius 2 is 1.72 bits per heavy atom. The summed E-state index contributed by atoms with van der Waals surface area (Å²) in [7, 11) is 3.11. The largest absolute Gasteiger partial charge is 0.497 e. The van der Waals surface area contributed by atoms with Crippen molar-refractivity contribution in [1.82, 2.24) is 0 Å². The highest BCUT2D eigenvalue weighted by Gasteiger charge is 2.36. The molecule has 0 unspecified atom stereocenters. The van der Waals surface area contributed by atoms with Gasteiger partial charge in [-0.05, 0) is 61.9 Å². The first kappa shape index (κ1) is 25.5. The van der Waals surface area contributed by atoms with Crippen molar-refractivity contribution in [2.75, 3.05) is 14.2 Å². The van der Waals surface area contributed by atoms with Crippen molar-refractivity contribution in [2.24, 2.45) is 0 Å². The smallest absolute Gasteiger partial charge is 0.342 e. The van der Waals surface area contributed by atoms with Crippen molar-refractivity contribution in [3.8, 4) is 17.2 Å². The Hall–Kier alpha value is -3.61. The van der Waals surface area contributed by atoms with Crippen molar-refractivity contribution in [2.45, 2.75) is 63.9 Å². The van der Waals surface area contributed by atoms with Crippen LogP contribution < -0.4 is 14.2 Å². The molecule has 2 heterocycles. The van der Waals surface area contributed by atoms with Gasteiger partial charge < -0.3 is 18.9 Å². The molecule has 4 rings (SSSR count). The van der Waals surface area contributed by atoms with Crippen LogP contribution in [0.5, 0.6) is 17.2 Å². The number of carbonyl (C=O) groups is 3. The molecule has 0 aromatic heterocycles. The molecule has 2 atom stereocenters. The van der Waals surface area contributed by atoms with Crippen LogP contribution in [0.2, 0.25) is 0 Å². The molecule has 0 bridgehead atoms. The quantitative estimate of drug-likeness (QED) is 0.405. The zero-order valence-electron chi connectivity index (χ0n) is 21.0. The van der Waals surface area contributed by atoms with Gasteiger partial charge >= 0.3 is 11.9 Å². The predicted molar refractivity (Wildman–Crippen MR) is 135 cm³/mol. The molecule has 0 spiro atoms. The van der Waals surface area contributed by atoms with Gasteiger partial charge in [-0.25, -0.2) is 4.79 Å². The molecule has 7 heteroatoms. The summed E-state index contributed by atoms with van der Waals surface area (Å²) in [4.78, 5) is 38.1. The highest BCUT2D eigenvalue weighted by molar-refractivity contribution is 5.99. The molecule has 190 valence electrons. The lowest BCUT2D eigenvalue weighted by atomic mass is 9.83. The molecule has 2 aromatic carbocycles. The first-order valence-corrected chi connectivity index (χ1v) is 12.4. The van der Waals surface area contributed by atoms with Crippen LogP contribution in [0.3, 0.4) is 0 Å². The summed E-state index contributed by atoms with van der Waals surface area (Å²) in [5.74, 6) is 0.426. The van der Waals surface area contributed by atoms with Crippen LogP contribution >= 0.6 is 0 Å². The molecule has 2 aromatic rings. The standard InChI is InChI=1S/C29H32O7/c1-18-8-7-11-21(30)10-6-4-5-9-20-16-24-27(28(34-3)26(20)29(32)35-18)23(17-25(31)36-24)19-12-14-22(33-2)15-13-19/h5,9,12-16,18,23H,4,6-8,10-11,17H2,1-3H3/t18-,23-/m1/s1. The zero-order valence-corrected chi connectivity index (χ0v) is 21.0. The molecule has 0 radical (unpaired) electrons. The molecular formula is C29H32O7. The fraction of sp³-hybridized carbons (Fsp3) is 0.414. The maximum Gasteiger partial charge on any atom is 0.342 e. The van der Waals surface area contributed by atoms with Crippen molar-refractivity contribution in [1.29, 1.82) is 0 Å². The van der Waals surface area contributed by atoms with Crippen molar-refractivity contribution < 1.29 is 33.3 Å². The molecule has 0 N–H and O–H groups in total. The summed E-state index contributed by atoms with van der Waals surface area (Å²) >= 11 is 0. The number of rotatable bonds is 3. The van der Waals surface area contributed by atoms with E-state index < -0.39 is 5.97 Å². The van der Waals surface area contributed by atoms with E-state index >= 15 is 0 Å². The van der Waals surface area contributed by atoms with Gasteiger partial charge in [0, 0.05) is 24.3 Å². The molecule has 0 saturated heterocycles. The molecule has 0 aliphatic carbocycles. The summed E-state index contributed by atoms with van der Waals surface area (Å²) in [6.45, 7) is 1.83. The number of carbonyl (C=O) groups excluding carboxylic acids is 3. The van der Waals surface area contributed by atoms with Crippen LogP contribution in [0.25, 0.3) is 6.08 Å². The Kier molecular flexibility index (Phi) is 8.08. The molecule has 2 aliphatic heterocycles. The van der Waals surface area contributed by atoms with Crippen molar-refractivity contribution in [3.05, 3.63) is 58.7 Å². The van der Waals surface area contributed by atoms with E-state index in [4.69, 9.17) is 18.9 Å². The number of hydrogen-bond acceptors (Lipinski definition) is 7. The summed E-state index contributed by atoms with van der Waals surface area (Å²) < 4.78 is 22.5. The average Bonchev–Trinajstić information content (AvgIpc) is 2.86. The van der Waals surface area contributed by atoms with Crippen molar-refractivity contribution in [3.63, 3.8) is 0 Å². The summed E-state index contributed by atoms with van der Waals surface area (Å²) in [5.41, 5.74) is 2.39. The number of methoxy groups -OCH3 is 2. The molecule has 0 fully saturated rings. The monoisotopic (exact) mass is 492 g/mol. The van der Waals surface area contributed by atoms with E-state index in [0.717, 1.165) is 12.0 Å². The van der Waals surface area contributed by atoms with Crippen LogP contribution in [-0.4, -0.2) is 38.0 Å². The van der Waals surface area contributed by atoms with Gasteiger partial charge in [0.2, 0.25) is 0 Å². The Balaban J connectivity index is 1.84. The first-order valence-electron chi connectivity index (χ1n) is 12.4. The lowest BCUT2D eigenvalue weighted by Crippen LogP contribution is -2.24. The van der Waals surface area contributed by atoms with Gasteiger partial charge in [0.1, 0.15) is 28.6 Å². The number of hydrogen-bond donors (Lipinski definition) is 0. The minimum atomic E-state index is -0.504. The molecule has 0 amide bonds. The Morgan fingerprint density at radius 1 is 0.972 bits per heavy atom. The lowest BCUT2D eigenvalue weighted by molar-refractivity contribution is -0.135. The van der Waals surface area contributed by atoms with E-state index in [-0.39, 0.29) is 30.2 Å². The topological polar surface area (TPSA) is 88.1 Å². The van der Waals surface area contributed by atoms with E-state index in [2.05, 4.69) is 0 Å². The number of esters is 2. The fourth-order valence-corrected chi connectivity index (χ4v) is 4.83. The number of ketones is 1. The Morgan fingerprint density at radius 3 is 2.44 bits per heavy atom. The fourth-order valence-electron chi connectivity index (χ4n) is 4.83. The van der Waals surface area contributed by atoms with E-state index in [1.165, 1.54) is 7.11 Å². The second-order valence-corrected chi connectivity index (χ2v) is 9.23. The zero-order chi connectivity index (χ0) is 25.7. The summed E-state index contributed by atoms with van der Waals surface area (Å²) in [5, 5.41) is 0. The third kappa shape index (κ3) is 5.61. The van der Waals surface area contributed by atoms with Crippen LogP contribution in [0, 0.1) is 0 Å². The second kappa shape index (κ2) is 11.4. The van der Waals surface area contributed by atoms with E-state index in [0.29, 0.717) is 66.0 Å². The molecule has 36 heavy (non-hydrogen) atoms. The number of allylic oxidation sites excluding steroid dienone is 1. The number of benzene rings is 2. The normalized spacial score (nSPS) is 20.9. The number of fused-ring (bicyclic) bond motifs is 2. The molecule has 2 aliphatic rings. The number of Topliss-reactive ketones (excluding diaryl/α,β-unsaturated/α-hetero) is 1. The third-order valence-electron chi connectivity index (χ3n) is 6.68. The van der Waals surface area contributed by atoms with Crippen LogP contribution in [0.1, 0.15) is 84.8 Å². The maximum atomic E-state index is 13.5. The SMILES string of the molecule is COc1ccc([C@H]2CC(=O)Oc3cc4c(c(OC)c32)C(=O)O[C@H](C)CCCC(=O)CCCC=C4)cc1. The minimum absolute atomic E-state index is 0.115. The van der Waals surface area contributed by atoms with E-state index in [9.17, 15) is 14.4 Å². The summed E-state index contributed by atoms with van der Waals surface area (Å²) in [6.07, 6.45) is 7.20. The van der Waals surface area contributed by atoms with Crippen LogP contribution in [0.4, 0.5) is 0 Å². The van der Waals surface area contributed by atoms with Gasteiger partial charge in [0.25, 0.3) is 0 Å². The van der Waals surface area contributed by atoms with Gasteiger partial charge in [-0.2, -0.15) is 0 Å². The van der Waals surface area contributed by atoms with Gasteiger partial charge in [-0.15, -0.1) is 0 Å². The van der Waals surface area contributed by atoms with Gasteiger partial charge in [-0.3, -0.25) is 9.59 Å². The third-order valence-corrected chi connectivity index (χ3v) is 6.68. The number of cyclic esters (lactones) is 1. The highest BCUT2D eigenvalue weighted by atomic mass is 16.5. The Labute approximate surface area is 211 Å². The average molecular weight is 493 g/mol. The molecular weight excluding hydrogens is 460 g/mol. The lowest BCUT2D eigenvalue weighted by Gasteiger charge is -2.29. The second-order valence-electron chi connectivity index (χ2n) is 9.23. The number of ether oxygens (including phenoxy) is 4. The maximum absolute atomic E-state index is 13.5. The highest BCUT2D eigenvalue weighted by Crippen LogP contribution is 2.47. The van der Waals surface area contributed by atoms with Gasteiger partial charge in [0.05, 0.1) is 26.7 Å². The van der Waals surface area contributed by atoms with E-state index in [1.54, 1.807) is 13.2 Å². The predicted octanol–water partition coefficient (Wildman–Crippen LogP) is 5.63. The van der Waals surface area contributed by atoms with Gasteiger partial charge in [0.15, 0.2) is 0 Å². The molecule has 7 nitrogen and oxygen atoms in total. The molecule has 0 saturated carbocycles. The van der Waals surface area contributed by atoms with E-state index in [1.807, 2.05) is 43.3 Å². The van der Waals surface area contributed by atoms with Crippen LogP contribution in [0.15, 0.2) is 36.4 Å². The van der Waals surface area contributed by atoms with Gasteiger partial charge in [-0.1, -0.05) is 24.3 Å². The Bertz CT molecular complexity index is 1160. The summed E-state index contributed by atoms with van der Waals surface area (Å²) in [6, 6.07) is 9.19.